The lowest BCUT2D eigenvalue weighted by molar-refractivity contribution is -0.116. The van der Waals surface area contributed by atoms with Crippen molar-refractivity contribution in [3.8, 4) is 5.75 Å². The van der Waals surface area contributed by atoms with E-state index >= 15 is 0 Å². The first-order chi connectivity index (χ1) is 14.8. The Labute approximate surface area is 180 Å². The molecule has 3 rings (SSSR count). The highest BCUT2D eigenvalue weighted by atomic mass is 19.3. The third-order valence-corrected chi connectivity index (χ3v) is 4.70. The van der Waals surface area contributed by atoms with Crippen molar-refractivity contribution >= 4 is 17.4 Å². The van der Waals surface area contributed by atoms with Gasteiger partial charge >= 0.3 is 6.61 Å². The predicted octanol–water partition coefficient (Wildman–Crippen LogP) is 5.10. The van der Waals surface area contributed by atoms with Gasteiger partial charge in [0.15, 0.2) is 0 Å². The number of anilines is 2. The minimum atomic E-state index is -2.91. The lowest BCUT2D eigenvalue weighted by atomic mass is 10.0. The van der Waals surface area contributed by atoms with Crippen LogP contribution in [0.1, 0.15) is 37.9 Å². The molecule has 0 fully saturated rings. The van der Waals surface area contributed by atoms with Crippen LogP contribution in [0.5, 0.6) is 5.75 Å². The summed E-state index contributed by atoms with van der Waals surface area (Å²) in [5, 5.41) is 10.2. The van der Waals surface area contributed by atoms with Gasteiger partial charge in [-0.05, 0) is 44.5 Å². The second kappa shape index (κ2) is 10.1. The van der Waals surface area contributed by atoms with Crippen LogP contribution in [-0.4, -0.2) is 28.3 Å². The number of nitrogens with zero attached hydrogens (tertiary/aromatic N) is 2. The van der Waals surface area contributed by atoms with Crippen LogP contribution in [0.3, 0.4) is 0 Å². The molecule has 1 atom stereocenters. The van der Waals surface area contributed by atoms with Crippen LogP contribution in [0.25, 0.3) is 0 Å². The fourth-order valence-electron chi connectivity index (χ4n) is 3.21. The molecule has 1 aromatic heterocycles. The van der Waals surface area contributed by atoms with Crippen molar-refractivity contribution in [2.24, 2.45) is 0 Å². The zero-order chi connectivity index (χ0) is 22.4. The van der Waals surface area contributed by atoms with Crippen LogP contribution in [-0.2, 0) is 11.2 Å². The average Bonchev–Trinajstić information content (AvgIpc) is 3.19. The summed E-state index contributed by atoms with van der Waals surface area (Å²) >= 11 is 0. The number of hydrogen-bond acceptors (Lipinski definition) is 4. The molecule has 31 heavy (non-hydrogen) atoms. The lowest BCUT2D eigenvalue weighted by Crippen LogP contribution is -2.32. The van der Waals surface area contributed by atoms with Crippen molar-refractivity contribution in [3.05, 3.63) is 71.9 Å². The minimum Gasteiger partial charge on any atom is -0.435 e. The highest BCUT2D eigenvalue weighted by molar-refractivity contribution is 5.95. The molecule has 8 heteroatoms. The third kappa shape index (κ3) is 6.04. The largest absolute Gasteiger partial charge is 0.435 e. The smallest absolute Gasteiger partial charge is 0.387 e. The molecule has 0 aliphatic heterocycles. The Kier molecular flexibility index (Phi) is 7.23. The van der Waals surface area contributed by atoms with Crippen molar-refractivity contribution in [1.29, 1.82) is 0 Å². The molecule has 0 saturated heterocycles. The van der Waals surface area contributed by atoms with Crippen molar-refractivity contribution in [2.45, 2.75) is 45.9 Å². The van der Waals surface area contributed by atoms with Gasteiger partial charge in [0.05, 0.1) is 6.20 Å². The van der Waals surface area contributed by atoms with Crippen molar-refractivity contribution in [2.75, 3.05) is 10.6 Å². The quantitative estimate of drug-likeness (QED) is 0.498. The normalized spacial score (nSPS) is 12.1. The monoisotopic (exact) mass is 428 g/mol. The van der Waals surface area contributed by atoms with E-state index in [9.17, 15) is 13.6 Å². The van der Waals surface area contributed by atoms with Gasteiger partial charge in [0.1, 0.15) is 17.6 Å². The maximum atomic E-state index is 12.8. The number of aromatic nitrogens is 2. The van der Waals surface area contributed by atoms with E-state index in [2.05, 4.69) is 20.5 Å². The van der Waals surface area contributed by atoms with Gasteiger partial charge < -0.3 is 15.4 Å². The molecule has 1 amide bonds. The number of hydrogen-bond donors (Lipinski definition) is 2. The minimum absolute atomic E-state index is 0.108. The molecule has 2 N–H and O–H groups in total. The standard InChI is InChI=1S/C23H26F2N4O2/c1-15(2)29-21(11-12-26-29)28-22(30)16(3)27-19-9-10-20(31-23(24)25)18(14-19)13-17-7-5-4-6-8-17/h4-12,14-16,23,27H,13H2,1-3H3,(H,28,30). The molecule has 0 radical (unpaired) electrons. The zero-order valence-electron chi connectivity index (χ0n) is 17.7. The van der Waals surface area contributed by atoms with Gasteiger partial charge in [0.2, 0.25) is 5.91 Å². The maximum Gasteiger partial charge on any atom is 0.387 e. The predicted molar refractivity (Wildman–Crippen MR) is 117 cm³/mol. The summed E-state index contributed by atoms with van der Waals surface area (Å²) in [7, 11) is 0. The first-order valence-electron chi connectivity index (χ1n) is 10.1. The molecular weight excluding hydrogens is 402 g/mol. The van der Waals surface area contributed by atoms with Gasteiger partial charge in [-0.25, -0.2) is 4.68 Å². The molecule has 0 aliphatic rings. The van der Waals surface area contributed by atoms with E-state index < -0.39 is 12.7 Å². The number of alkyl halides is 2. The highest BCUT2D eigenvalue weighted by Crippen LogP contribution is 2.27. The summed E-state index contributed by atoms with van der Waals surface area (Å²) in [4.78, 5) is 12.6. The number of halogens is 2. The Morgan fingerprint density at radius 2 is 1.84 bits per heavy atom. The van der Waals surface area contributed by atoms with E-state index in [1.54, 1.807) is 36.0 Å². The molecule has 0 aliphatic carbocycles. The lowest BCUT2D eigenvalue weighted by Gasteiger charge is -2.18. The Morgan fingerprint density at radius 3 is 2.52 bits per heavy atom. The molecule has 2 aromatic carbocycles. The van der Waals surface area contributed by atoms with Gasteiger partial charge in [-0.3, -0.25) is 4.79 Å². The number of benzene rings is 2. The van der Waals surface area contributed by atoms with E-state index in [1.165, 1.54) is 6.07 Å². The molecule has 0 spiro atoms. The van der Waals surface area contributed by atoms with E-state index in [-0.39, 0.29) is 17.7 Å². The third-order valence-electron chi connectivity index (χ3n) is 4.70. The number of rotatable bonds is 9. The number of carbonyl (C=O) groups excluding carboxylic acids is 1. The summed E-state index contributed by atoms with van der Waals surface area (Å²) in [6.07, 6.45) is 2.05. The van der Waals surface area contributed by atoms with Crippen molar-refractivity contribution < 1.29 is 18.3 Å². The van der Waals surface area contributed by atoms with E-state index in [0.29, 0.717) is 23.5 Å². The molecule has 1 unspecified atom stereocenters. The first-order valence-corrected chi connectivity index (χ1v) is 10.1. The SMILES string of the molecule is CC(Nc1ccc(OC(F)F)c(Cc2ccccc2)c1)C(=O)Nc1ccnn1C(C)C. The van der Waals surface area contributed by atoms with Gasteiger partial charge in [-0.15, -0.1) is 0 Å². The Bertz CT molecular complexity index is 1010. The van der Waals surface area contributed by atoms with E-state index in [4.69, 9.17) is 0 Å². The Morgan fingerprint density at radius 1 is 1.10 bits per heavy atom. The Balaban J connectivity index is 1.74. The summed E-state index contributed by atoms with van der Waals surface area (Å²) in [5.41, 5.74) is 2.20. The van der Waals surface area contributed by atoms with Crippen LogP contribution in [0, 0.1) is 0 Å². The number of ether oxygens (including phenoxy) is 1. The van der Waals surface area contributed by atoms with Gasteiger partial charge in [-0.2, -0.15) is 13.9 Å². The second-order valence-electron chi connectivity index (χ2n) is 7.47. The van der Waals surface area contributed by atoms with Gasteiger partial charge in [0, 0.05) is 29.8 Å². The van der Waals surface area contributed by atoms with Crippen LogP contribution in [0.15, 0.2) is 60.8 Å². The second-order valence-corrected chi connectivity index (χ2v) is 7.47. The van der Waals surface area contributed by atoms with Crippen LogP contribution >= 0.6 is 0 Å². The van der Waals surface area contributed by atoms with Crippen LogP contribution < -0.4 is 15.4 Å². The molecular formula is C23H26F2N4O2. The first kappa shape index (κ1) is 22.3. The molecule has 0 saturated carbocycles. The van der Waals surface area contributed by atoms with Gasteiger partial charge in [0.25, 0.3) is 0 Å². The van der Waals surface area contributed by atoms with E-state index in [0.717, 1.165) is 5.56 Å². The molecule has 6 nitrogen and oxygen atoms in total. The number of nitrogens with one attached hydrogen (secondary N) is 2. The number of amides is 1. The summed E-state index contributed by atoms with van der Waals surface area (Å²) in [5.74, 6) is 0.487. The molecule has 164 valence electrons. The Hall–Kier alpha value is -3.42. The van der Waals surface area contributed by atoms with Crippen molar-refractivity contribution in [1.82, 2.24) is 9.78 Å². The molecule has 1 heterocycles. The topological polar surface area (TPSA) is 68.2 Å². The van der Waals surface area contributed by atoms with Gasteiger partial charge in [-0.1, -0.05) is 30.3 Å². The van der Waals surface area contributed by atoms with E-state index in [1.807, 2.05) is 44.2 Å². The summed E-state index contributed by atoms with van der Waals surface area (Å²) in [6, 6.07) is 15.6. The summed E-state index contributed by atoms with van der Waals surface area (Å²) < 4.78 is 32.1. The highest BCUT2D eigenvalue weighted by Gasteiger charge is 2.17. The zero-order valence-corrected chi connectivity index (χ0v) is 17.7. The fourth-order valence-corrected chi connectivity index (χ4v) is 3.21. The molecule has 3 aromatic rings. The molecule has 0 bridgehead atoms. The fraction of sp³-hybridized carbons (Fsp3) is 0.304. The van der Waals surface area contributed by atoms with Crippen LogP contribution in [0.2, 0.25) is 0 Å². The average molecular weight is 428 g/mol. The van der Waals surface area contributed by atoms with Crippen LogP contribution in [0.4, 0.5) is 20.3 Å². The number of carbonyl (C=O) groups is 1. The maximum absolute atomic E-state index is 12.8. The summed E-state index contributed by atoms with van der Waals surface area (Å²) in [6.45, 7) is 2.76. The van der Waals surface area contributed by atoms with Crippen molar-refractivity contribution in [3.63, 3.8) is 0 Å².